The van der Waals surface area contributed by atoms with Crippen molar-refractivity contribution in [1.82, 2.24) is 4.90 Å². The van der Waals surface area contributed by atoms with Crippen molar-refractivity contribution in [1.29, 1.82) is 0 Å². The Balaban J connectivity index is 1.98. The summed E-state index contributed by atoms with van der Waals surface area (Å²) in [4.78, 5) is 2.54. The number of hydrogen-bond donors (Lipinski definition) is 0. The van der Waals surface area contributed by atoms with E-state index in [0.29, 0.717) is 0 Å². The fourth-order valence-corrected chi connectivity index (χ4v) is 2.80. The lowest BCUT2D eigenvalue weighted by molar-refractivity contribution is 0.317. The van der Waals surface area contributed by atoms with Gasteiger partial charge in [0, 0.05) is 13.1 Å². The molecule has 1 nitrogen and oxygen atoms in total. The van der Waals surface area contributed by atoms with Gasteiger partial charge in [0.1, 0.15) is 0 Å². The van der Waals surface area contributed by atoms with E-state index in [1.165, 1.54) is 38.0 Å². The summed E-state index contributed by atoms with van der Waals surface area (Å²) in [6, 6.07) is 8.90. The first-order valence-electron chi connectivity index (χ1n) is 5.90. The Kier molecular flexibility index (Phi) is 2.14. The summed E-state index contributed by atoms with van der Waals surface area (Å²) in [5, 5.41) is 0. The Labute approximate surface area is 91.4 Å². The average molecular weight is 199 g/mol. The topological polar surface area (TPSA) is 3.24 Å². The van der Waals surface area contributed by atoms with Crippen molar-refractivity contribution in [3.8, 4) is 0 Å². The number of fused-ring (bicyclic) bond motifs is 2. The summed E-state index contributed by atoms with van der Waals surface area (Å²) in [6.07, 6.45) is 2.49. The molecule has 1 aromatic rings. The highest BCUT2D eigenvalue weighted by Crippen LogP contribution is 2.37. The smallest absolute Gasteiger partial charge is 0.0239 e. The van der Waals surface area contributed by atoms with E-state index in [9.17, 15) is 0 Å². The maximum atomic E-state index is 2.54. The van der Waals surface area contributed by atoms with Crippen LogP contribution in [0.2, 0.25) is 0 Å². The SMILES string of the molecule is CCN1CCC2=C(C1)c1ccccc1C2. The zero-order valence-electron chi connectivity index (χ0n) is 9.29. The Hall–Kier alpha value is -1.08. The molecule has 1 heterocycles. The molecule has 0 saturated carbocycles. The van der Waals surface area contributed by atoms with Crippen LogP contribution in [0.5, 0.6) is 0 Å². The fraction of sp³-hybridized carbons (Fsp3) is 0.429. The molecule has 0 bridgehead atoms. The van der Waals surface area contributed by atoms with Gasteiger partial charge in [-0.2, -0.15) is 0 Å². The molecule has 78 valence electrons. The largest absolute Gasteiger partial charge is 0.299 e. The van der Waals surface area contributed by atoms with E-state index < -0.39 is 0 Å². The third kappa shape index (κ3) is 1.42. The van der Waals surface area contributed by atoms with Crippen LogP contribution in [0.15, 0.2) is 29.8 Å². The van der Waals surface area contributed by atoms with E-state index in [2.05, 4.69) is 36.1 Å². The van der Waals surface area contributed by atoms with Crippen LogP contribution in [0.1, 0.15) is 24.5 Å². The number of benzene rings is 1. The molecule has 1 aliphatic carbocycles. The van der Waals surface area contributed by atoms with Gasteiger partial charge >= 0.3 is 0 Å². The summed E-state index contributed by atoms with van der Waals surface area (Å²) in [6.45, 7) is 5.86. The highest BCUT2D eigenvalue weighted by Gasteiger charge is 2.25. The second-order valence-corrected chi connectivity index (χ2v) is 4.53. The van der Waals surface area contributed by atoms with Crippen LogP contribution >= 0.6 is 0 Å². The molecule has 0 radical (unpaired) electrons. The minimum atomic E-state index is 1.17. The molecule has 0 atom stereocenters. The number of rotatable bonds is 1. The fourth-order valence-electron chi connectivity index (χ4n) is 2.80. The van der Waals surface area contributed by atoms with Crippen molar-refractivity contribution in [3.05, 3.63) is 41.0 Å². The van der Waals surface area contributed by atoms with Crippen molar-refractivity contribution in [2.45, 2.75) is 19.8 Å². The number of nitrogens with zero attached hydrogens (tertiary/aromatic N) is 1. The van der Waals surface area contributed by atoms with Crippen molar-refractivity contribution < 1.29 is 0 Å². The van der Waals surface area contributed by atoms with Crippen molar-refractivity contribution >= 4 is 5.57 Å². The highest BCUT2D eigenvalue weighted by atomic mass is 15.1. The van der Waals surface area contributed by atoms with Gasteiger partial charge in [0.2, 0.25) is 0 Å². The zero-order chi connectivity index (χ0) is 10.3. The first-order chi connectivity index (χ1) is 7.38. The molecule has 15 heavy (non-hydrogen) atoms. The maximum absolute atomic E-state index is 2.54. The molecule has 0 aromatic heterocycles. The van der Waals surface area contributed by atoms with Crippen LogP contribution < -0.4 is 0 Å². The average Bonchev–Trinajstić information content (AvgIpc) is 2.66. The van der Waals surface area contributed by atoms with Crippen LogP contribution in [0.25, 0.3) is 5.57 Å². The Morgan fingerprint density at radius 3 is 3.00 bits per heavy atom. The molecular weight excluding hydrogens is 182 g/mol. The van der Waals surface area contributed by atoms with Crippen LogP contribution in [0.4, 0.5) is 0 Å². The monoisotopic (exact) mass is 199 g/mol. The predicted molar refractivity (Wildman–Crippen MR) is 63.8 cm³/mol. The number of hydrogen-bond acceptors (Lipinski definition) is 1. The second-order valence-electron chi connectivity index (χ2n) is 4.53. The molecule has 0 unspecified atom stereocenters. The van der Waals surface area contributed by atoms with Gasteiger partial charge in [-0.3, -0.25) is 4.90 Å². The third-order valence-electron chi connectivity index (χ3n) is 3.73. The van der Waals surface area contributed by atoms with Crippen molar-refractivity contribution in [2.75, 3.05) is 19.6 Å². The van der Waals surface area contributed by atoms with Gasteiger partial charge in [-0.15, -0.1) is 0 Å². The highest BCUT2D eigenvalue weighted by molar-refractivity contribution is 5.78. The van der Waals surface area contributed by atoms with Gasteiger partial charge in [-0.05, 0) is 36.1 Å². The molecular formula is C14H17N. The predicted octanol–water partition coefficient (Wildman–Crippen LogP) is 2.72. The van der Waals surface area contributed by atoms with Gasteiger partial charge in [0.25, 0.3) is 0 Å². The lowest BCUT2D eigenvalue weighted by Gasteiger charge is -2.27. The Morgan fingerprint density at radius 1 is 1.27 bits per heavy atom. The van der Waals surface area contributed by atoms with Gasteiger partial charge in [0.15, 0.2) is 0 Å². The Morgan fingerprint density at radius 2 is 2.13 bits per heavy atom. The van der Waals surface area contributed by atoms with Gasteiger partial charge in [0.05, 0.1) is 0 Å². The van der Waals surface area contributed by atoms with Crippen molar-refractivity contribution in [2.24, 2.45) is 0 Å². The van der Waals surface area contributed by atoms with Gasteiger partial charge < -0.3 is 0 Å². The summed E-state index contributed by atoms with van der Waals surface area (Å²) in [5.74, 6) is 0. The summed E-state index contributed by atoms with van der Waals surface area (Å²) in [7, 11) is 0. The third-order valence-corrected chi connectivity index (χ3v) is 3.73. The molecule has 0 N–H and O–H groups in total. The van der Waals surface area contributed by atoms with Crippen LogP contribution in [0.3, 0.4) is 0 Å². The Bertz CT molecular complexity index is 417. The maximum Gasteiger partial charge on any atom is 0.0239 e. The molecule has 1 heteroatoms. The van der Waals surface area contributed by atoms with E-state index in [1.807, 2.05) is 0 Å². The van der Waals surface area contributed by atoms with E-state index in [1.54, 1.807) is 16.7 Å². The van der Waals surface area contributed by atoms with Crippen LogP contribution in [0, 0.1) is 0 Å². The lowest BCUT2D eigenvalue weighted by Crippen LogP contribution is -2.30. The van der Waals surface area contributed by atoms with E-state index in [0.717, 1.165) is 0 Å². The normalized spacial score (nSPS) is 20.3. The standard InChI is InChI=1S/C14H17N/c1-2-15-8-7-12-9-11-5-3-4-6-13(11)14(12)10-15/h3-6H,2,7-10H2,1H3. The van der Waals surface area contributed by atoms with E-state index in [-0.39, 0.29) is 0 Å². The zero-order valence-corrected chi connectivity index (χ0v) is 9.29. The first-order valence-corrected chi connectivity index (χ1v) is 5.90. The van der Waals surface area contributed by atoms with E-state index in [4.69, 9.17) is 0 Å². The molecule has 0 saturated heterocycles. The molecule has 0 fully saturated rings. The van der Waals surface area contributed by atoms with Crippen LogP contribution in [-0.4, -0.2) is 24.5 Å². The summed E-state index contributed by atoms with van der Waals surface area (Å²) < 4.78 is 0. The molecule has 0 spiro atoms. The lowest BCUT2D eigenvalue weighted by atomic mass is 10.0. The molecule has 1 aliphatic heterocycles. The molecule has 2 aliphatic rings. The molecule has 1 aromatic carbocycles. The number of likely N-dealkylation sites (N-methyl/N-ethyl adjacent to an activating group) is 1. The quantitative estimate of drug-likeness (QED) is 0.672. The van der Waals surface area contributed by atoms with Gasteiger partial charge in [-0.1, -0.05) is 36.8 Å². The van der Waals surface area contributed by atoms with Gasteiger partial charge in [-0.25, -0.2) is 0 Å². The molecule has 3 rings (SSSR count). The van der Waals surface area contributed by atoms with Crippen LogP contribution in [-0.2, 0) is 6.42 Å². The molecule has 0 amide bonds. The minimum Gasteiger partial charge on any atom is -0.299 e. The first kappa shape index (κ1) is 9.17. The minimum absolute atomic E-state index is 1.17. The van der Waals surface area contributed by atoms with E-state index >= 15 is 0 Å². The summed E-state index contributed by atoms with van der Waals surface area (Å²) >= 11 is 0. The summed E-state index contributed by atoms with van der Waals surface area (Å²) in [5.41, 5.74) is 6.38. The van der Waals surface area contributed by atoms with Crippen molar-refractivity contribution in [3.63, 3.8) is 0 Å². The second kappa shape index (κ2) is 3.49.